The minimum atomic E-state index is 0.186. The number of rotatable bonds is 1. The first-order valence-electron chi connectivity index (χ1n) is 11.5. The van der Waals surface area contributed by atoms with E-state index < -0.39 is 0 Å². The standard InChI is InChI=1S/C13H19ClN2.C7H6BrCl.C6H14N2/c1-10-8-11(4-5-12(10)14)16-7-6-15-13(2,3)9-16;1-5-4-6(8)2-3-7(5)9;1-6(2)5-7-3-4-8-6/h4-5,8,15H,6-7,9H2,1-3H3;2-4H,1H3;7-8H,3-5H2,1-2H3. The van der Waals surface area contributed by atoms with E-state index in [0.29, 0.717) is 5.54 Å². The van der Waals surface area contributed by atoms with Crippen molar-refractivity contribution in [2.75, 3.05) is 44.2 Å². The fraction of sp³-hybridized carbons (Fsp3) is 0.538. The molecule has 0 spiro atoms. The molecule has 2 saturated heterocycles. The van der Waals surface area contributed by atoms with Gasteiger partial charge in [0, 0.05) is 70.6 Å². The third-order valence-corrected chi connectivity index (χ3v) is 7.01. The Morgan fingerprint density at radius 3 is 1.88 bits per heavy atom. The molecule has 4 rings (SSSR count). The number of piperazine rings is 2. The molecule has 33 heavy (non-hydrogen) atoms. The lowest BCUT2D eigenvalue weighted by molar-refractivity contribution is 0.323. The van der Waals surface area contributed by atoms with Crippen LogP contribution in [0.15, 0.2) is 40.9 Å². The van der Waals surface area contributed by atoms with Crippen molar-refractivity contribution >= 4 is 44.8 Å². The van der Waals surface area contributed by atoms with E-state index in [-0.39, 0.29) is 5.54 Å². The minimum Gasteiger partial charge on any atom is -0.368 e. The van der Waals surface area contributed by atoms with Gasteiger partial charge in [-0.2, -0.15) is 0 Å². The summed E-state index contributed by atoms with van der Waals surface area (Å²) in [6.45, 7) is 19.4. The van der Waals surface area contributed by atoms with Crippen molar-refractivity contribution < 1.29 is 0 Å². The quantitative estimate of drug-likeness (QED) is 0.390. The molecule has 2 aromatic carbocycles. The van der Waals surface area contributed by atoms with Gasteiger partial charge >= 0.3 is 0 Å². The van der Waals surface area contributed by atoms with Gasteiger partial charge in [0.25, 0.3) is 0 Å². The number of hydrogen-bond acceptors (Lipinski definition) is 4. The predicted molar refractivity (Wildman–Crippen MR) is 149 cm³/mol. The topological polar surface area (TPSA) is 39.3 Å². The molecule has 0 saturated carbocycles. The summed E-state index contributed by atoms with van der Waals surface area (Å²) in [5.74, 6) is 0. The summed E-state index contributed by atoms with van der Waals surface area (Å²) in [7, 11) is 0. The fourth-order valence-corrected chi connectivity index (χ4v) is 4.46. The van der Waals surface area contributed by atoms with Gasteiger partial charge in [-0.05, 0) is 89.1 Å². The largest absolute Gasteiger partial charge is 0.368 e. The summed E-state index contributed by atoms with van der Waals surface area (Å²) in [5.41, 5.74) is 4.03. The van der Waals surface area contributed by atoms with Crippen molar-refractivity contribution in [1.29, 1.82) is 0 Å². The van der Waals surface area contributed by atoms with Crippen LogP contribution in [-0.2, 0) is 0 Å². The normalized spacial score (nSPS) is 19.0. The second-order valence-electron chi connectivity index (χ2n) is 10.0. The number of nitrogens with zero attached hydrogens (tertiary/aromatic N) is 1. The lowest BCUT2D eigenvalue weighted by Crippen LogP contribution is -2.57. The monoisotopic (exact) mass is 556 g/mol. The molecule has 0 unspecified atom stereocenters. The molecule has 7 heteroatoms. The van der Waals surface area contributed by atoms with Gasteiger partial charge in [0.1, 0.15) is 0 Å². The Labute approximate surface area is 218 Å². The van der Waals surface area contributed by atoms with Crippen molar-refractivity contribution in [3.05, 3.63) is 62.0 Å². The van der Waals surface area contributed by atoms with Crippen LogP contribution in [0.25, 0.3) is 0 Å². The first-order valence-corrected chi connectivity index (χ1v) is 13.1. The number of aryl methyl sites for hydroxylation is 2. The summed E-state index contributed by atoms with van der Waals surface area (Å²) in [5, 5.41) is 11.9. The van der Waals surface area contributed by atoms with Gasteiger partial charge in [-0.15, -0.1) is 0 Å². The maximum Gasteiger partial charge on any atom is 0.0436 e. The first-order chi connectivity index (χ1) is 15.4. The van der Waals surface area contributed by atoms with E-state index in [1.165, 1.54) is 5.69 Å². The molecule has 4 nitrogen and oxygen atoms in total. The zero-order valence-corrected chi connectivity index (χ0v) is 23.9. The average Bonchev–Trinajstić information content (AvgIpc) is 2.73. The van der Waals surface area contributed by atoms with Crippen LogP contribution in [0.4, 0.5) is 5.69 Å². The highest BCUT2D eigenvalue weighted by Gasteiger charge is 2.25. The number of nitrogens with one attached hydrogen (secondary N) is 3. The highest BCUT2D eigenvalue weighted by Crippen LogP contribution is 2.25. The summed E-state index contributed by atoms with van der Waals surface area (Å²) < 4.78 is 1.07. The fourth-order valence-electron chi connectivity index (χ4n) is 3.75. The Balaban J connectivity index is 0.000000192. The molecular formula is C26H39BrCl2N4. The SMILES string of the molecule is CC1(C)CNCCN1.Cc1cc(Br)ccc1Cl.Cc1cc(N2CCNC(C)(C)C2)ccc1Cl. The van der Waals surface area contributed by atoms with E-state index >= 15 is 0 Å². The maximum absolute atomic E-state index is 6.04. The second-order valence-corrected chi connectivity index (χ2v) is 11.8. The number of halogens is 3. The Morgan fingerprint density at radius 2 is 1.42 bits per heavy atom. The molecule has 2 heterocycles. The second kappa shape index (κ2) is 12.8. The van der Waals surface area contributed by atoms with Crippen LogP contribution in [0.5, 0.6) is 0 Å². The first kappa shape index (κ1) is 28.4. The minimum absolute atomic E-state index is 0.186. The van der Waals surface area contributed by atoms with Crippen LogP contribution in [0.1, 0.15) is 38.8 Å². The van der Waals surface area contributed by atoms with Crippen molar-refractivity contribution in [2.45, 2.75) is 52.6 Å². The molecule has 0 atom stereocenters. The summed E-state index contributed by atoms with van der Waals surface area (Å²) >= 11 is 15.1. The third-order valence-electron chi connectivity index (χ3n) is 5.67. The Bertz CT molecular complexity index is 894. The Morgan fingerprint density at radius 1 is 0.818 bits per heavy atom. The lowest BCUT2D eigenvalue weighted by atomic mass is 10.0. The zero-order chi connectivity index (χ0) is 24.6. The molecule has 184 valence electrons. The van der Waals surface area contributed by atoms with Gasteiger partial charge in [0.15, 0.2) is 0 Å². The van der Waals surface area contributed by atoms with Gasteiger partial charge in [0.05, 0.1) is 0 Å². The van der Waals surface area contributed by atoms with Crippen LogP contribution in [0.2, 0.25) is 10.0 Å². The van der Waals surface area contributed by atoms with Gasteiger partial charge < -0.3 is 20.9 Å². The van der Waals surface area contributed by atoms with E-state index in [9.17, 15) is 0 Å². The summed E-state index contributed by atoms with van der Waals surface area (Å²) in [6, 6.07) is 12.1. The van der Waals surface area contributed by atoms with Crippen LogP contribution in [0, 0.1) is 13.8 Å². The van der Waals surface area contributed by atoms with Gasteiger partial charge in [-0.3, -0.25) is 0 Å². The molecule has 3 N–H and O–H groups in total. The molecule has 0 aliphatic carbocycles. The third kappa shape index (κ3) is 10.1. The maximum atomic E-state index is 6.04. The molecule has 0 amide bonds. The van der Waals surface area contributed by atoms with Crippen molar-refractivity contribution in [3.63, 3.8) is 0 Å². The van der Waals surface area contributed by atoms with E-state index in [1.807, 2.05) is 31.2 Å². The summed E-state index contributed by atoms with van der Waals surface area (Å²) in [6.07, 6.45) is 0. The Kier molecular flexibility index (Phi) is 11.0. The number of anilines is 1. The van der Waals surface area contributed by atoms with E-state index in [0.717, 1.165) is 64.9 Å². The molecule has 2 aliphatic rings. The van der Waals surface area contributed by atoms with Crippen LogP contribution in [-0.4, -0.2) is 50.3 Å². The van der Waals surface area contributed by atoms with E-state index in [1.54, 1.807) is 0 Å². The number of hydrogen-bond donors (Lipinski definition) is 3. The van der Waals surface area contributed by atoms with Gasteiger partial charge in [-0.1, -0.05) is 39.1 Å². The van der Waals surface area contributed by atoms with Crippen molar-refractivity contribution in [1.82, 2.24) is 16.0 Å². The molecule has 2 fully saturated rings. The molecule has 2 aliphatic heterocycles. The summed E-state index contributed by atoms with van der Waals surface area (Å²) in [4.78, 5) is 2.42. The zero-order valence-electron chi connectivity index (χ0n) is 20.8. The van der Waals surface area contributed by atoms with Crippen molar-refractivity contribution in [3.8, 4) is 0 Å². The predicted octanol–water partition coefficient (Wildman–Crippen LogP) is 6.21. The lowest BCUT2D eigenvalue weighted by Gasteiger charge is -2.40. The van der Waals surface area contributed by atoms with E-state index in [2.05, 4.69) is 83.5 Å². The smallest absolute Gasteiger partial charge is 0.0436 e. The molecule has 0 aromatic heterocycles. The van der Waals surface area contributed by atoms with Crippen molar-refractivity contribution in [2.24, 2.45) is 0 Å². The molecule has 0 bridgehead atoms. The Hall–Kier alpha value is -0.820. The van der Waals surface area contributed by atoms with Gasteiger partial charge in [-0.25, -0.2) is 0 Å². The van der Waals surface area contributed by atoms with Gasteiger partial charge in [0.2, 0.25) is 0 Å². The highest BCUT2D eigenvalue weighted by molar-refractivity contribution is 9.10. The van der Waals surface area contributed by atoms with Crippen LogP contribution in [0.3, 0.4) is 0 Å². The number of benzene rings is 2. The van der Waals surface area contributed by atoms with Crippen LogP contribution >= 0.6 is 39.1 Å². The molecule has 0 radical (unpaired) electrons. The highest BCUT2D eigenvalue weighted by atomic mass is 79.9. The molecular weight excluding hydrogens is 519 g/mol. The molecule has 2 aromatic rings. The van der Waals surface area contributed by atoms with E-state index in [4.69, 9.17) is 23.2 Å². The average molecular weight is 558 g/mol. The van der Waals surface area contributed by atoms with Crippen LogP contribution < -0.4 is 20.9 Å².